The zero-order chi connectivity index (χ0) is 27.3. The second-order valence-corrected chi connectivity index (χ2v) is 11.1. The summed E-state index contributed by atoms with van der Waals surface area (Å²) in [6.07, 6.45) is 0. The van der Waals surface area contributed by atoms with Crippen molar-refractivity contribution in [2.75, 3.05) is 49.0 Å². The van der Waals surface area contributed by atoms with Crippen molar-refractivity contribution in [1.29, 1.82) is 0 Å². The van der Waals surface area contributed by atoms with E-state index in [4.69, 9.17) is 21.1 Å². The van der Waals surface area contributed by atoms with Crippen LogP contribution in [0.25, 0.3) is 0 Å². The molecular weight excluding hydrogens is 526 g/mol. The molecule has 0 aliphatic carbocycles. The van der Waals surface area contributed by atoms with Crippen molar-refractivity contribution in [3.05, 3.63) is 76.8 Å². The lowest BCUT2D eigenvalue weighted by atomic mass is 10.1. The van der Waals surface area contributed by atoms with Gasteiger partial charge in [0.25, 0.3) is 15.9 Å². The monoisotopic (exact) mass is 557 g/mol. The van der Waals surface area contributed by atoms with Gasteiger partial charge in [0.2, 0.25) is 0 Å². The van der Waals surface area contributed by atoms with Gasteiger partial charge in [-0.05, 0) is 80.4 Å². The summed E-state index contributed by atoms with van der Waals surface area (Å²) in [7, 11) is -3.87. The van der Waals surface area contributed by atoms with Crippen LogP contribution in [0.15, 0.2) is 65.6 Å². The van der Waals surface area contributed by atoms with Crippen LogP contribution < -0.4 is 19.1 Å². The highest BCUT2D eigenvalue weighted by Crippen LogP contribution is 2.29. The number of ether oxygens (including phenoxy) is 2. The molecule has 0 bridgehead atoms. The molecule has 4 rings (SSSR count). The molecule has 1 aliphatic rings. The van der Waals surface area contributed by atoms with Crippen LogP contribution in [0.3, 0.4) is 0 Å². The first-order chi connectivity index (χ1) is 18.2. The Morgan fingerprint density at radius 3 is 2.34 bits per heavy atom. The van der Waals surface area contributed by atoms with Crippen LogP contribution in [0, 0.1) is 13.8 Å². The third-order valence-electron chi connectivity index (χ3n) is 6.53. The average Bonchev–Trinajstić information content (AvgIpc) is 2.90. The van der Waals surface area contributed by atoms with Gasteiger partial charge >= 0.3 is 0 Å². The van der Waals surface area contributed by atoms with Crippen molar-refractivity contribution >= 4 is 38.9 Å². The summed E-state index contributed by atoms with van der Waals surface area (Å²) in [5, 5.41) is 0.104. The van der Waals surface area contributed by atoms with Crippen LogP contribution in [0.2, 0.25) is 5.02 Å². The Bertz CT molecular complexity index is 1390. The molecule has 202 valence electrons. The minimum absolute atomic E-state index is 0.0161. The fourth-order valence-corrected chi connectivity index (χ4v) is 5.66. The number of piperazine rings is 1. The summed E-state index contributed by atoms with van der Waals surface area (Å²) < 4.78 is 39.2. The standard InChI is InChI=1S/C28H32ClN3O5S/c1-4-36-23-10-8-22(9-11-23)30-38(34,35)24-12-13-27(25(29)18-24)37-19-28(33)32-16-14-31(15-17-32)26-7-5-6-20(2)21(26)3/h5-13,18,30H,4,14-17,19H2,1-3H3. The number of sulfonamides is 1. The molecule has 1 N–H and O–H groups in total. The van der Waals surface area contributed by atoms with Crippen LogP contribution in [-0.2, 0) is 14.8 Å². The van der Waals surface area contributed by atoms with Gasteiger partial charge in [-0.2, -0.15) is 0 Å². The second kappa shape index (κ2) is 12.0. The zero-order valence-electron chi connectivity index (χ0n) is 21.7. The molecule has 1 amide bonds. The molecule has 3 aromatic rings. The number of rotatable bonds is 9. The second-order valence-electron chi connectivity index (χ2n) is 9.03. The van der Waals surface area contributed by atoms with Gasteiger partial charge < -0.3 is 19.3 Å². The minimum Gasteiger partial charge on any atom is -0.494 e. The predicted octanol–water partition coefficient (Wildman–Crippen LogP) is 4.88. The minimum atomic E-state index is -3.87. The molecular formula is C28H32ClN3O5S. The maximum Gasteiger partial charge on any atom is 0.261 e. The maximum absolute atomic E-state index is 12.8. The van der Waals surface area contributed by atoms with E-state index in [1.165, 1.54) is 35.0 Å². The normalized spacial score (nSPS) is 13.8. The molecule has 38 heavy (non-hydrogen) atoms. The molecule has 0 spiro atoms. The Kier molecular flexibility index (Phi) is 8.69. The largest absolute Gasteiger partial charge is 0.494 e. The number of aryl methyl sites for hydroxylation is 1. The molecule has 3 aromatic carbocycles. The van der Waals surface area contributed by atoms with E-state index in [1.54, 1.807) is 29.2 Å². The van der Waals surface area contributed by atoms with E-state index in [0.29, 0.717) is 31.1 Å². The first-order valence-electron chi connectivity index (χ1n) is 12.4. The van der Waals surface area contributed by atoms with Gasteiger partial charge in [-0.1, -0.05) is 23.7 Å². The highest BCUT2D eigenvalue weighted by molar-refractivity contribution is 7.92. The first kappa shape index (κ1) is 27.6. The number of hydrogen-bond acceptors (Lipinski definition) is 6. The van der Waals surface area contributed by atoms with Gasteiger partial charge in [0.1, 0.15) is 11.5 Å². The Morgan fingerprint density at radius 1 is 0.974 bits per heavy atom. The Labute approximate surface area is 229 Å². The summed E-state index contributed by atoms with van der Waals surface area (Å²) in [5.41, 5.74) is 4.10. The van der Waals surface area contributed by atoms with E-state index in [1.807, 2.05) is 6.92 Å². The van der Waals surface area contributed by atoms with Crippen molar-refractivity contribution in [2.45, 2.75) is 25.7 Å². The number of benzene rings is 3. The van der Waals surface area contributed by atoms with Gasteiger partial charge in [-0.25, -0.2) is 8.42 Å². The van der Waals surface area contributed by atoms with Gasteiger partial charge in [0, 0.05) is 37.6 Å². The van der Waals surface area contributed by atoms with E-state index in [2.05, 4.69) is 41.7 Å². The van der Waals surface area contributed by atoms with Gasteiger partial charge in [-0.15, -0.1) is 0 Å². The molecule has 1 saturated heterocycles. The fraction of sp³-hybridized carbons (Fsp3) is 0.321. The zero-order valence-corrected chi connectivity index (χ0v) is 23.3. The lowest BCUT2D eigenvalue weighted by Crippen LogP contribution is -2.50. The van der Waals surface area contributed by atoms with Crippen LogP contribution >= 0.6 is 11.6 Å². The van der Waals surface area contributed by atoms with Crippen molar-refractivity contribution in [2.24, 2.45) is 0 Å². The number of anilines is 2. The molecule has 10 heteroatoms. The van der Waals surface area contributed by atoms with Crippen LogP contribution in [0.1, 0.15) is 18.1 Å². The summed E-state index contributed by atoms with van der Waals surface area (Å²) in [5.74, 6) is 0.752. The number of amides is 1. The molecule has 0 unspecified atom stereocenters. The Morgan fingerprint density at radius 2 is 1.68 bits per heavy atom. The maximum atomic E-state index is 12.8. The van der Waals surface area contributed by atoms with Crippen LogP contribution in [0.4, 0.5) is 11.4 Å². The van der Waals surface area contributed by atoms with Crippen molar-refractivity contribution in [3.63, 3.8) is 0 Å². The summed E-state index contributed by atoms with van der Waals surface area (Å²) in [6, 6.07) is 17.0. The van der Waals surface area contributed by atoms with Gasteiger partial charge in [0.05, 0.1) is 16.5 Å². The highest BCUT2D eigenvalue weighted by Gasteiger charge is 2.23. The molecule has 1 aliphatic heterocycles. The lowest BCUT2D eigenvalue weighted by molar-refractivity contribution is -0.133. The summed E-state index contributed by atoms with van der Waals surface area (Å²) >= 11 is 6.31. The predicted molar refractivity (Wildman–Crippen MR) is 150 cm³/mol. The molecule has 1 heterocycles. The lowest BCUT2D eigenvalue weighted by Gasteiger charge is -2.37. The third kappa shape index (κ3) is 6.52. The van der Waals surface area contributed by atoms with Gasteiger partial charge in [-0.3, -0.25) is 9.52 Å². The number of hydrogen-bond donors (Lipinski definition) is 1. The Balaban J connectivity index is 1.31. The van der Waals surface area contributed by atoms with Crippen LogP contribution in [-0.4, -0.2) is 58.6 Å². The number of halogens is 1. The van der Waals surface area contributed by atoms with Crippen molar-refractivity contribution in [1.82, 2.24) is 4.90 Å². The molecule has 1 fully saturated rings. The number of carbonyl (C=O) groups is 1. The van der Waals surface area contributed by atoms with E-state index >= 15 is 0 Å². The number of nitrogens with zero attached hydrogens (tertiary/aromatic N) is 2. The van der Waals surface area contributed by atoms with Gasteiger partial charge in [0.15, 0.2) is 6.61 Å². The quantitative estimate of drug-likeness (QED) is 0.403. The highest BCUT2D eigenvalue weighted by atomic mass is 35.5. The first-order valence-corrected chi connectivity index (χ1v) is 14.3. The summed E-state index contributed by atoms with van der Waals surface area (Å²) in [4.78, 5) is 16.8. The van der Waals surface area contributed by atoms with E-state index < -0.39 is 10.0 Å². The fourth-order valence-electron chi connectivity index (χ4n) is 4.27. The summed E-state index contributed by atoms with van der Waals surface area (Å²) in [6.45, 7) is 9.10. The number of carbonyl (C=O) groups excluding carboxylic acids is 1. The Hall–Kier alpha value is -3.43. The van der Waals surface area contributed by atoms with Crippen molar-refractivity contribution in [3.8, 4) is 11.5 Å². The van der Waals surface area contributed by atoms with E-state index in [-0.39, 0.29) is 28.2 Å². The molecule has 0 radical (unpaired) electrons. The van der Waals surface area contributed by atoms with Crippen LogP contribution in [0.5, 0.6) is 11.5 Å². The SMILES string of the molecule is CCOc1ccc(NS(=O)(=O)c2ccc(OCC(=O)N3CCN(c4cccc(C)c4C)CC3)c(Cl)c2)cc1. The van der Waals surface area contributed by atoms with E-state index in [0.717, 1.165) is 13.1 Å². The molecule has 0 saturated carbocycles. The molecule has 8 nitrogen and oxygen atoms in total. The topological polar surface area (TPSA) is 88.2 Å². The van der Waals surface area contributed by atoms with Crippen molar-refractivity contribution < 1.29 is 22.7 Å². The smallest absolute Gasteiger partial charge is 0.261 e. The average molecular weight is 558 g/mol. The molecule has 0 aromatic heterocycles. The van der Waals surface area contributed by atoms with E-state index in [9.17, 15) is 13.2 Å². The molecule has 0 atom stereocenters. The number of nitrogens with one attached hydrogen (secondary N) is 1. The third-order valence-corrected chi connectivity index (χ3v) is 8.21.